The molecule has 18 heavy (non-hydrogen) atoms. The molecule has 1 aromatic carbocycles. The maximum Gasteiger partial charge on any atom is 0.305 e. The number of rotatable bonds is 5. The molecule has 0 saturated carbocycles. The molecule has 0 aliphatic carbocycles. The van der Waals surface area contributed by atoms with Gasteiger partial charge in [-0.3, -0.25) is 4.79 Å². The van der Waals surface area contributed by atoms with E-state index in [-0.39, 0.29) is 5.97 Å². The Labute approximate surface area is 110 Å². The molecular weight excluding hydrogens is 248 g/mol. The number of aryl methyl sites for hydroxylation is 1. The summed E-state index contributed by atoms with van der Waals surface area (Å²) in [4.78, 5) is 15.4. The third-order valence-electron chi connectivity index (χ3n) is 2.39. The van der Waals surface area contributed by atoms with Crippen molar-refractivity contribution in [3.63, 3.8) is 0 Å². The van der Waals surface area contributed by atoms with Crippen LogP contribution in [0.15, 0.2) is 35.7 Å². The molecule has 1 N–H and O–H groups in total. The largest absolute Gasteiger partial charge is 0.469 e. The molecule has 0 fully saturated rings. The first-order valence-electron chi connectivity index (χ1n) is 5.61. The van der Waals surface area contributed by atoms with Gasteiger partial charge in [0.15, 0.2) is 5.13 Å². The number of hydrogen-bond donors (Lipinski definition) is 1. The van der Waals surface area contributed by atoms with Gasteiger partial charge >= 0.3 is 5.97 Å². The Hall–Kier alpha value is -1.88. The van der Waals surface area contributed by atoms with Crippen LogP contribution in [0.5, 0.6) is 0 Å². The molecule has 0 bridgehead atoms. The van der Waals surface area contributed by atoms with Crippen molar-refractivity contribution in [2.45, 2.75) is 12.8 Å². The number of carbonyl (C=O) groups is 1. The number of aromatic nitrogens is 1. The van der Waals surface area contributed by atoms with Gasteiger partial charge in [-0.1, -0.05) is 18.2 Å². The van der Waals surface area contributed by atoms with E-state index in [1.165, 1.54) is 18.4 Å². The third kappa shape index (κ3) is 3.56. The summed E-state index contributed by atoms with van der Waals surface area (Å²) in [6, 6.07) is 9.86. The second kappa shape index (κ2) is 6.16. The Morgan fingerprint density at radius 3 is 2.89 bits per heavy atom. The lowest BCUT2D eigenvalue weighted by Crippen LogP contribution is -2.02. The number of methoxy groups -OCH3 is 1. The molecule has 0 saturated heterocycles. The van der Waals surface area contributed by atoms with E-state index < -0.39 is 0 Å². The van der Waals surface area contributed by atoms with Gasteiger partial charge in [0, 0.05) is 17.5 Å². The zero-order valence-electron chi connectivity index (χ0n) is 10.1. The van der Waals surface area contributed by atoms with Crippen molar-refractivity contribution in [2.24, 2.45) is 0 Å². The molecule has 2 aromatic rings. The van der Waals surface area contributed by atoms with Crippen LogP contribution in [-0.2, 0) is 16.0 Å². The zero-order valence-corrected chi connectivity index (χ0v) is 10.9. The minimum atomic E-state index is -0.208. The van der Waals surface area contributed by atoms with Gasteiger partial charge in [-0.2, -0.15) is 0 Å². The number of esters is 1. The van der Waals surface area contributed by atoms with Gasteiger partial charge in [-0.15, -0.1) is 11.3 Å². The normalized spacial score (nSPS) is 10.1. The molecule has 0 unspecified atom stereocenters. The van der Waals surface area contributed by atoms with Gasteiger partial charge in [0.05, 0.1) is 19.2 Å². The summed E-state index contributed by atoms with van der Waals surface area (Å²) in [7, 11) is 1.39. The molecule has 0 aliphatic rings. The van der Waals surface area contributed by atoms with Crippen LogP contribution in [0.3, 0.4) is 0 Å². The lowest BCUT2D eigenvalue weighted by Gasteiger charge is -2.00. The van der Waals surface area contributed by atoms with Gasteiger partial charge < -0.3 is 10.1 Å². The predicted molar refractivity (Wildman–Crippen MR) is 72.2 cm³/mol. The van der Waals surface area contributed by atoms with Crippen LogP contribution in [0.2, 0.25) is 0 Å². The number of para-hydroxylation sites is 1. The summed E-state index contributed by atoms with van der Waals surface area (Å²) in [5.74, 6) is -0.208. The summed E-state index contributed by atoms with van der Waals surface area (Å²) in [6.45, 7) is 0. The first kappa shape index (κ1) is 12.6. The Morgan fingerprint density at radius 1 is 1.39 bits per heavy atom. The van der Waals surface area contributed by atoms with E-state index >= 15 is 0 Å². The third-order valence-corrected chi connectivity index (χ3v) is 3.20. The average molecular weight is 262 g/mol. The lowest BCUT2D eigenvalue weighted by molar-refractivity contribution is -0.140. The van der Waals surface area contributed by atoms with E-state index in [1.807, 2.05) is 35.7 Å². The Kier molecular flexibility index (Phi) is 4.30. The molecule has 0 radical (unpaired) electrons. The van der Waals surface area contributed by atoms with Gasteiger partial charge in [-0.05, 0) is 12.1 Å². The van der Waals surface area contributed by atoms with Crippen LogP contribution in [0.4, 0.5) is 10.8 Å². The number of nitrogens with zero attached hydrogens (tertiary/aromatic N) is 1. The second-order valence-electron chi connectivity index (χ2n) is 3.71. The number of anilines is 2. The van der Waals surface area contributed by atoms with Crippen molar-refractivity contribution in [3.8, 4) is 0 Å². The molecule has 5 heteroatoms. The zero-order chi connectivity index (χ0) is 12.8. The smallest absolute Gasteiger partial charge is 0.305 e. The van der Waals surface area contributed by atoms with Gasteiger partial charge in [0.25, 0.3) is 0 Å². The fourth-order valence-corrected chi connectivity index (χ4v) is 2.22. The van der Waals surface area contributed by atoms with Crippen molar-refractivity contribution in [3.05, 3.63) is 41.4 Å². The summed E-state index contributed by atoms with van der Waals surface area (Å²) in [5.41, 5.74) is 1.91. The first-order chi connectivity index (χ1) is 8.78. The Morgan fingerprint density at radius 2 is 2.17 bits per heavy atom. The van der Waals surface area contributed by atoms with Gasteiger partial charge in [-0.25, -0.2) is 4.98 Å². The van der Waals surface area contributed by atoms with E-state index in [4.69, 9.17) is 0 Å². The number of thiazole rings is 1. The van der Waals surface area contributed by atoms with Crippen LogP contribution < -0.4 is 5.32 Å². The van der Waals surface area contributed by atoms with Crippen LogP contribution in [-0.4, -0.2) is 18.1 Å². The monoisotopic (exact) mass is 262 g/mol. The molecule has 2 rings (SSSR count). The molecule has 0 atom stereocenters. The average Bonchev–Trinajstić information content (AvgIpc) is 2.85. The van der Waals surface area contributed by atoms with E-state index in [0.29, 0.717) is 12.8 Å². The Balaban J connectivity index is 1.92. The van der Waals surface area contributed by atoms with Crippen LogP contribution >= 0.6 is 11.3 Å². The predicted octanol–water partition coefficient (Wildman–Crippen LogP) is 2.99. The summed E-state index contributed by atoms with van der Waals surface area (Å²) in [6.07, 6.45) is 0.977. The van der Waals surface area contributed by atoms with Crippen molar-refractivity contribution in [1.29, 1.82) is 0 Å². The number of benzene rings is 1. The number of nitrogens with one attached hydrogen (secondary N) is 1. The lowest BCUT2D eigenvalue weighted by atomic mass is 10.2. The maximum absolute atomic E-state index is 11.0. The quantitative estimate of drug-likeness (QED) is 0.842. The number of hydrogen-bond acceptors (Lipinski definition) is 5. The maximum atomic E-state index is 11.0. The topological polar surface area (TPSA) is 51.2 Å². The summed E-state index contributed by atoms with van der Waals surface area (Å²) < 4.78 is 4.60. The van der Waals surface area contributed by atoms with Crippen LogP contribution in [0.25, 0.3) is 0 Å². The minimum Gasteiger partial charge on any atom is -0.469 e. The fraction of sp³-hybridized carbons (Fsp3) is 0.231. The summed E-state index contributed by atoms with van der Waals surface area (Å²) >= 11 is 1.53. The van der Waals surface area contributed by atoms with E-state index in [9.17, 15) is 4.79 Å². The first-order valence-corrected chi connectivity index (χ1v) is 6.49. The molecule has 1 heterocycles. The molecule has 94 valence electrons. The number of carbonyl (C=O) groups excluding carboxylic acids is 1. The molecule has 0 spiro atoms. The van der Waals surface area contributed by atoms with E-state index in [1.54, 1.807) is 0 Å². The van der Waals surface area contributed by atoms with Gasteiger partial charge in [0.1, 0.15) is 0 Å². The van der Waals surface area contributed by atoms with Crippen molar-refractivity contribution in [1.82, 2.24) is 4.98 Å². The SMILES string of the molecule is COC(=O)CCc1csc(Nc2ccccc2)n1. The highest BCUT2D eigenvalue weighted by molar-refractivity contribution is 7.13. The molecule has 1 aromatic heterocycles. The standard InChI is InChI=1S/C13H14N2O2S/c1-17-12(16)8-7-11-9-18-13(15-11)14-10-5-3-2-4-6-10/h2-6,9H,7-8H2,1H3,(H,14,15). The van der Waals surface area contributed by atoms with Crippen LogP contribution in [0.1, 0.15) is 12.1 Å². The fourth-order valence-electron chi connectivity index (χ4n) is 1.46. The number of ether oxygens (including phenoxy) is 1. The minimum absolute atomic E-state index is 0.208. The molecule has 0 amide bonds. The summed E-state index contributed by atoms with van der Waals surface area (Å²) in [5, 5.41) is 6.00. The van der Waals surface area contributed by atoms with Crippen molar-refractivity contribution in [2.75, 3.05) is 12.4 Å². The van der Waals surface area contributed by atoms with E-state index in [0.717, 1.165) is 16.5 Å². The Bertz CT molecular complexity index is 511. The van der Waals surface area contributed by atoms with Crippen LogP contribution in [0, 0.1) is 0 Å². The highest BCUT2D eigenvalue weighted by atomic mass is 32.1. The molecular formula is C13H14N2O2S. The van der Waals surface area contributed by atoms with Crippen molar-refractivity contribution < 1.29 is 9.53 Å². The van der Waals surface area contributed by atoms with Crippen molar-refractivity contribution >= 4 is 28.1 Å². The highest BCUT2D eigenvalue weighted by Gasteiger charge is 2.05. The molecule has 4 nitrogen and oxygen atoms in total. The second-order valence-corrected chi connectivity index (χ2v) is 4.57. The highest BCUT2D eigenvalue weighted by Crippen LogP contribution is 2.21. The van der Waals surface area contributed by atoms with Gasteiger partial charge in [0.2, 0.25) is 0 Å². The van der Waals surface area contributed by atoms with E-state index in [2.05, 4.69) is 15.0 Å². The molecule has 0 aliphatic heterocycles.